The molecule has 0 aliphatic carbocycles. The summed E-state index contributed by atoms with van der Waals surface area (Å²) in [5, 5.41) is 12.0. The Balaban J connectivity index is 2.38. The summed E-state index contributed by atoms with van der Waals surface area (Å²) >= 11 is 0. The molecule has 0 atom stereocenters. The third-order valence-corrected chi connectivity index (χ3v) is 2.48. The van der Waals surface area contributed by atoms with Crippen LogP contribution in [-0.4, -0.2) is 23.7 Å². The van der Waals surface area contributed by atoms with Gasteiger partial charge in [-0.25, -0.2) is 0 Å². The molecule has 0 saturated heterocycles. The monoisotopic (exact) mass is 276 g/mol. The Labute approximate surface area is 108 Å². The average Bonchev–Trinajstić information content (AvgIpc) is 2.30. The first-order valence-electron chi connectivity index (χ1n) is 5.73. The largest absolute Gasteiger partial charge is 0.505 e. The molecule has 0 aliphatic heterocycles. The van der Waals surface area contributed by atoms with Gasteiger partial charge in [0.15, 0.2) is 5.75 Å². The first kappa shape index (κ1) is 15.1. The number of halogens is 3. The molecule has 1 aromatic carbocycles. The number of nitrogens with two attached hydrogens (primary N) is 1. The number of para-hydroxylation sites is 1. The number of hydrogen-bond acceptors (Lipinski definition) is 3. The van der Waals surface area contributed by atoms with E-state index >= 15 is 0 Å². The minimum Gasteiger partial charge on any atom is -0.505 e. The Morgan fingerprint density at radius 3 is 2.63 bits per heavy atom. The Morgan fingerprint density at radius 2 is 2.00 bits per heavy atom. The van der Waals surface area contributed by atoms with Crippen molar-refractivity contribution in [1.82, 2.24) is 5.32 Å². The Hall–Kier alpha value is -1.92. The average molecular weight is 276 g/mol. The lowest BCUT2D eigenvalue weighted by atomic mass is 10.1. The van der Waals surface area contributed by atoms with Crippen LogP contribution in [-0.2, 0) is 0 Å². The van der Waals surface area contributed by atoms with Gasteiger partial charge < -0.3 is 16.2 Å². The van der Waals surface area contributed by atoms with Gasteiger partial charge in [-0.1, -0.05) is 6.07 Å². The highest BCUT2D eigenvalue weighted by atomic mass is 19.4. The number of carbonyl (C=O) groups is 1. The van der Waals surface area contributed by atoms with Gasteiger partial charge in [-0.15, -0.1) is 0 Å². The number of alkyl halides is 3. The predicted molar refractivity (Wildman–Crippen MR) is 64.8 cm³/mol. The molecular formula is C12H15F3N2O2. The lowest BCUT2D eigenvalue weighted by molar-refractivity contribution is -0.135. The molecule has 106 valence electrons. The van der Waals surface area contributed by atoms with Crippen molar-refractivity contribution in [1.29, 1.82) is 0 Å². The number of anilines is 1. The van der Waals surface area contributed by atoms with Crippen molar-refractivity contribution >= 4 is 11.6 Å². The predicted octanol–water partition coefficient (Wildman–Crippen LogP) is 2.44. The zero-order chi connectivity index (χ0) is 14.5. The van der Waals surface area contributed by atoms with Crippen LogP contribution in [0.4, 0.5) is 18.9 Å². The summed E-state index contributed by atoms with van der Waals surface area (Å²) in [5.74, 6) is -0.882. The number of benzene rings is 1. The van der Waals surface area contributed by atoms with E-state index in [2.05, 4.69) is 5.32 Å². The van der Waals surface area contributed by atoms with E-state index in [9.17, 15) is 23.1 Å². The molecule has 0 unspecified atom stereocenters. The molecule has 4 nitrogen and oxygen atoms in total. The molecule has 1 rings (SSSR count). The maximum Gasteiger partial charge on any atom is 0.389 e. The van der Waals surface area contributed by atoms with Crippen LogP contribution in [0.5, 0.6) is 5.75 Å². The lowest BCUT2D eigenvalue weighted by Crippen LogP contribution is -2.25. The number of phenolic OH excluding ortho intramolecular Hbond substituents is 1. The number of nitrogens with one attached hydrogen (secondary N) is 1. The van der Waals surface area contributed by atoms with E-state index < -0.39 is 18.5 Å². The van der Waals surface area contributed by atoms with E-state index in [-0.39, 0.29) is 36.4 Å². The van der Waals surface area contributed by atoms with Crippen LogP contribution in [0.3, 0.4) is 0 Å². The van der Waals surface area contributed by atoms with Crippen molar-refractivity contribution in [3.05, 3.63) is 23.8 Å². The van der Waals surface area contributed by atoms with Crippen molar-refractivity contribution in [2.75, 3.05) is 12.3 Å². The molecule has 0 bridgehead atoms. The summed E-state index contributed by atoms with van der Waals surface area (Å²) in [4.78, 5) is 11.6. The molecule has 0 heterocycles. The molecule has 0 aromatic heterocycles. The van der Waals surface area contributed by atoms with E-state index in [0.717, 1.165) is 0 Å². The summed E-state index contributed by atoms with van der Waals surface area (Å²) in [5.41, 5.74) is 5.51. The Morgan fingerprint density at radius 1 is 1.32 bits per heavy atom. The number of unbranched alkanes of at least 4 members (excludes halogenated alkanes) is 1. The highest BCUT2D eigenvalue weighted by molar-refractivity contribution is 5.98. The van der Waals surface area contributed by atoms with Gasteiger partial charge in [0, 0.05) is 13.0 Å². The molecule has 1 aromatic rings. The lowest BCUT2D eigenvalue weighted by Gasteiger charge is -2.09. The van der Waals surface area contributed by atoms with Gasteiger partial charge >= 0.3 is 6.18 Å². The number of amides is 1. The van der Waals surface area contributed by atoms with E-state index in [1.54, 1.807) is 0 Å². The zero-order valence-corrected chi connectivity index (χ0v) is 10.1. The number of phenols is 1. The first-order chi connectivity index (χ1) is 8.81. The summed E-state index contributed by atoms with van der Waals surface area (Å²) < 4.78 is 35.6. The number of hydrogen-bond donors (Lipinski definition) is 3. The highest BCUT2D eigenvalue weighted by Gasteiger charge is 2.25. The third kappa shape index (κ3) is 5.07. The topological polar surface area (TPSA) is 75.4 Å². The van der Waals surface area contributed by atoms with Gasteiger partial charge in [0.05, 0.1) is 11.3 Å². The van der Waals surface area contributed by atoms with Crippen molar-refractivity contribution in [3.63, 3.8) is 0 Å². The molecular weight excluding hydrogens is 261 g/mol. The third-order valence-electron chi connectivity index (χ3n) is 2.48. The smallest absolute Gasteiger partial charge is 0.389 e. The molecule has 0 saturated carbocycles. The van der Waals surface area contributed by atoms with Gasteiger partial charge in [-0.3, -0.25) is 4.79 Å². The number of carbonyl (C=O) groups excluding carboxylic acids is 1. The summed E-state index contributed by atoms with van der Waals surface area (Å²) in [6.07, 6.45) is -4.87. The molecule has 0 radical (unpaired) electrons. The highest BCUT2D eigenvalue weighted by Crippen LogP contribution is 2.24. The maximum absolute atomic E-state index is 11.9. The van der Waals surface area contributed by atoms with Crippen molar-refractivity contribution in [2.24, 2.45) is 0 Å². The summed E-state index contributed by atoms with van der Waals surface area (Å²) in [7, 11) is 0. The molecule has 4 N–H and O–H groups in total. The molecule has 1 amide bonds. The fourth-order valence-corrected chi connectivity index (χ4v) is 1.49. The van der Waals surface area contributed by atoms with E-state index in [1.807, 2.05) is 0 Å². The maximum atomic E-state index is 11.9. The number of rotatable bonds is 5. The fourth-order valence-electron chi connectivity index (χ4n) is 1.49. The Kier molecular flexibility index (Phi) is 5.02. The molecule has 0 aliphatic rings. The van der Waals surface area contributed by atoms with E-state index in [1.165, 1.54) is 18.2 Å². The van der Waals surface area contributed by atoms with Gasteiger partial charge in [-0.05, 0) is 25.0 Å². The normalized spacial score (nSPS) is 11.3. The van der Waals surface area contributed by atoms with Gasteiger partial charge in [0.1, 0.15) is 0 Å². The second-order valence-corrected chi connectivity index (χ2v) is 4.07. The van der Waals surface area contributed by atoms with Gasteiger partial charge in [-0.2, -0.15) is 13.2 Å². The molecule has 19 heavy (non-hydrogen) atoms. The van der Waals surface area contributed by atoms with E-state index in [4.69, 9.17) is 5.73 Å². The standard InChI is InChI=1S/C12H15F3N2O2/c13-12(14,15)6-1-2-7-17-11(19)8-4-3-5-9(16)10(8)18/h3-5,18H,1-2,6-7,16H2,(H,17,19). The van der Waals surface area contributed by atoms with E-state index in [0.29, 0.717) is 0 Å². The van der Waals surface area contributed by atoms with Crippen LogP contribution in [0, 0.1) is 0 Å². The molecule has 0 spiro atoms. The second-order valence-electron chi connectivity index (χ2n) is 4.07. The van der Waals surface area contributed by atoms with Crippen molar-refractivity contribution < 1.29 is 23.1 Å². The second kappa shape index (κ2) is 6.31. The molecule has 0 fully saturated rings. The number of aromatic hydroxyl groups is 1. The molecule has 7 heteroatoms. The van der Waals surface area contributed by atoms with Crippen LogP contribution in [0.15, 0.2) is 18.2 Å². The zero-order valence-electron chi connectivity index (χ0n) is 10.1. The first-order valence-corrected chi connectivity index (χ1v) is 5.73. The van der Waals surface area contributed by atoms with Crippen molar-refractivity contribution in [3.8, 4) is 5.75 Å². The number of nitrogen functional groups attached to an aromatic ring is 1. The summed E-state index contributed by atoms with van der Waals surface area (Å²) in [6, 6.07) is 4.33. The minimum absolute atomic E-state index is 0.0100. The fraction of sp³-hybridized carbons (Fsp3) is 0.417. The van der Waals surface area contributed by atoms with Gasteiger partial charge in [0.25, 0.3) is 5.91 Å². The van der Waals surface area contributed by atoms with Crippen LogP contribution in [0.1, 0.15) is 29.6 Å². The van der Waals surface area contributed by atoms with Crippen LogP contribution >= 0.6 is 0 Å². The van der Waals surface area contributed by atoms with Crippen LogP contribution in [0.25, 0.3) is 0 Å². The van der Waals surface area contributed by atoms with Crippen molar-refractivity contribution in [2.45, 2.75) is 25.4 Å². The quantitative estimate of drug-likeness (QED) is 0.439. The van der Waals surface area contributed by atoms with Gasteiger partial charge in [0.2, 0.25) is 0 Å². The van der Waals surface area contributed by atoms with Crippen LogP contribution < -0.4 is 11.1 Å². The summed E-state index contributed by atoms with van der Waals surface area (Å²) in [6.45, 7) is 0.114. The Bertz CT molecular complexity index is 447. The SMILES string of the molecule is Nc1cccc(C(=O)NCCCCC(F)(F)F)c1O. The minimum atomic E-state index is -4.17. The van der Waals surface area contributed by atoms with Crippen LogP contribution in [0.2, 0.25) is 0 Å².